The van der Waals surface area contributed by atoms with Crippen LogP contribution in [0.15, 0.2) is 97.1 Å². The van der Waals surface area contributed by atoms with E-state index in [-0.39, 0.29) is 10.8 Å². The van der Waals surface area contributed by atoms with Crippen LogP contribution in [-0.4, -0.2) is 9.52 Å². The van der Waals surface area contributed by atoms with Crippen molar-refractivity contribution >= 4 is 48.1 Å². The number of hydrogen-bond donors (Lipinski definition) is 0. The van der Waals surface area contributed by atoms with Gasteiger partial charge in [-0.2, -0.15) is 12.1 Å². The molecule has 2 radical (unpaired) electrons. The number of rotatable bonds is 6. The van der Waals surface area contributed by atoms with Crippen LogP contribution in [0.1, 0.15) is 128 Å². The van der Waals surface area contributed by atoms with Crippen molar-refractivity contribution < 1.29 is 20.8 Å². The summed E-state index contributed by atoms with van der Waals surface area (Å²) in [6, 6.07) is 36.7. The van der Waals surface area contributed by atoms with Gasteiger partial charge in [-0.15, -0.1) is 69.1 Å². The normalized spacial score (nSPS) is 11.4. The van der Waals surface area contributed by atoms with E-state index < -0.39 is 20.8 Å². The SMILES string of the molecule is CCc1cc2c(-c3ccccc3C(C)C)c(C(C)(C)C)ccc2[cH-]1.CCc1cc2c(-c3ccccc3C(C)C)c(C(C)(C)C)ccc2[cH-]1.C[Si]C.[Cl][Zr+2][Cl]. The first-order chi connectivity index (χ1) is 25.5. The Bertz CT molecular complexity index is 1910. The summed E-state index contributed by atoms with van der Waals surface area (Å²) in [6.07, 6.45) is 2.18. The van der Waals surface area contributed by atoms with Crippen LogP contribution in [-0.2, 0) is 44.5 Å². The average Bonchev–Trinajstić information content (AvgIpc) is 3.75. The molecule has 0 fully saturated rings. The first kappa shape index (κ1) is 46.2. The summed E-state index contributed by atoms with van der Waals surface area (Å²) in [4.78, 5) is 0. The maximum atomic E-state index is 4.93. The Balaban J connectivity index is 0.000000254. The quantitative estimate of drug-likeness (QED) is 0.116. The van der Waals surface area contributed by atoms with E-state index >= 15 is 0 Å². The summed E-state index contributed by atoms with van der Waals surface area (Å²) in [5, 5.41) is 5.56. The minimum absolute atomic E-state index is 0.122. The van der Waals surface area contributed by atoms with Crippen LogP contribution in [0.3, 0.4) is 0 Å². The van der Waals surface area contributed by atoms with Gasteiger partial charge in [0.1, 0.15) is 0 Å². The van der Waals surface area contributed by atoms with Gasteiger partial charge in [-0.05, 0) is 57.8 Å². The Kier molecular flexibility index (Phi) is 17.8. The fraction of sp³-hybridized carbons (Fsp3) is 0.400. The molecule has 0 bridgehead atoms. The molecule has 286 valence electrons. The molecule has 0 heterocycles. The Morgan fingerprint density at radius 3 is 1.17 bits per heavy atom. The molecule has 0 aliphatic rings. The second-order valence-corrected chi connectivity index (χ2v) is 21.7. The summed E-state index contributed by atoms with van der Waals surface area (Å²) in [5.41, 5.74) is 14.5. The van der Waals surface area contributed by atoms with Gasteiger partial charge in [0, 0.05) is 9.52 Å². The molecular formula is C50H64Cl2SiZr. The van der Waals surface area contributed by atoms with E-state index in [9.17, 15) is 0 Å². The molecule has 0 aliphatic heterocycles. The number of benzene rings is 4. The monoisotopic (exact) mass is 852 g/mol. The van der Waals surface area contributed by atoms with Crippen LogP contribution in [0.25, 0.3) is 43.8 Å². The van der Waals surface area contributed by atoms with Gasteiger partial charge in [-0.1, -0.05) is 167 Å². The van der Waals surface area contributed by atoms with Crippen molar-refractivity contribution in [3.63, 3.8) is 0 Å². The Morgan fingerprint density at radius 1 is 0.574 bits per heavy atom. The molecule has 0 amide bonds. The molecule has 0 aromatic heterocycles. The molecule has 0 N–H and O–H groups in total. The van der Waals surface area contributed by atoms with Gasteiger partial charge >= 0.3 is 37.9 Å². The Hall–Kier alpha value is -2.22. The summed E-state index contributed by atoms with van der Waals surface area (Å²) < 4.78 is 0. The van der Waals surface area contributed by atoms with Gasteiger partial charge in [0.25, 0.3) is 0 Å². The van der Waals surface area contributed by atoms with Crippen molar-refractivity contribution in [1.82, 2.24) is 0 Å². The summed E-state index contributed by atoms with van der Waals surface area (Å²) >= 11 is -0.826. The van der Waals surface area contributed by atoms with E-state index in [4.69, 9.17) is 17.0 Å². The molecule has 6 aromatic carbocycles. The molecule has 0 atom stereocenters. The molecule has 0 spiro atoms. The number of hydrogen-bond acceptors (Lipinski definition) is 0. The van der Waals surface area contributed by atoms with Crippen molar-refractivity contribution in [2.75, 3.05) is 0 Å². The van der Waals surface area contributed by atoms with Crippen LogP contribution >= 0.6 is 17.0 Å². The molecule has 0 saturated carbocycles. The van der Waals surface area contributed by atoms with Gasteiger partial charge in [-0.3, -0.25) is 0 Å². The Labute approximate surface area is 350 Å². The van der Waals surface area contributed by atoms with Gasteiger partial charge in [0.15, 0.2) is 0 Å². The van der Waals surface area contributed by atoms with Crippen LogP contribution in [0.4, 0.5) is 0 Å². The second kappa shape index (κ2) is 20.8. The van der Waals surface area contributed by atoms with Crippen molar-refractivity contribution in [3.8, 4) is 22.3 Å². The van der Waals surface area contributed by atoms with Gasteiger partial charge in [0.2, 0.25) is 0 Å². The van der Waals surface area contributed by atoms with E-state index in [1.54, 1.807) is 0 Å². The molecule has 0 unspecified atom stereocenters. The van der Waals surface area contributed by atoms with E-state index in [1.165, 1.54) is 77.2 Å². The molecule has 0 aliphatic carbocycles. The standard InChI is InChI=1S/2C24H29.C2H6Si.2ClH.Zr/c2*1-7-17-14-18-12-13-22(24(4,5)6)23(21(18)15-17)20-11-9-8-10-19(20)16(2)3;1-3-2;;;/h2*8-16H,7H2,1-6H3;1-2H3;2*1H;/q2*-1;;;;+4/p-2. The minimum atomic E-state index is -0.826. The average molecular weight is 855 g/mol. The van der Waals surface area contributed by atoms with Gasteiger partial charge in [-0.25, -0.2) is 0 Å². The molecule has 54 heavy (non-hydrogen) atoms. The van der Waals surface area contributed by atoms with Crippen molar-refractivity contribution in [1.29, 1.82) is 0 Å². The molecule has 6 rings (SSSR count). The maximum absolute atomic E-state index is 4.93. The van der Waals surface area contributed by atoms with Crippen LogP contribution in [0.2, 0.25) is 13.1 Å². The zero-order valence-electron chi connectivity index (χ0n) is 35.6. The molecule has 4 heteroatoms. The van der Waals surface area contributed by atoms with Gasteiger partial charge < -0.3 is 0 Å². The van der Waals surface area contributed by atoms with Gasteiger partial charge in [0.05, 0.1) is 0 Å². The van der Waals surface area contributed by atoms with E-state index in [0.29, 0.717) is 11.8 Å². The van der Waals surface area contributed by atoms with Crippen LogP contribution in [0, 0.1) is 0 Å². The molecule has 0 saturated heterocycles. The zero-order valence-corrected chi connectivity index (χ0v) is 40.5. The van der Waals surface area contributed by atoms with Crippen LogP contribution in [0.5, 0.6) is 0 Å². The number of fused-ring (bicyclic) bond motifs is 2. The van der Waals surface area contributed by atoms with Crippen LogP contribution < -0.4 is 0 Å². The fourth-order valence-corrected chi connectivity index (χ4v) is 7.38. The third kappa shape index (κ3) is 11.4. The van der Waals surface area contributed by atoms with Crippen molar-refractivity contribution in [3.05, 3.63) is 130 Å². The summed E-state index contributed by atoms with van der Waals surface area (Å²) in [6.45, 7) is 31.9. The van der Waals surface area contributed by atoms with E-state index in [0.717, 1.165) is 22.4 Å². The zero-order chi connectivity index (χ0) is 40.4. The number of aryl methyl sites for hydroxylation is 2. The molecule has 6 aromatic rings. The molecular weight excluding hydrogens is 791 g/mol. The molecule has 0 nitrogen and oxygen atoms in total. The predicted octanol–water partition coefficient (Wildman–Crippen LogP) is 16.6. The third-order valence-electron chi connectivity index (χ3n) is 10.0. The van der Waals surface area contributed by atoms with Crippen molar-refractivity contribution in [2.45, 2.75) is 132 Å². The first-order valence-electron chi connectivity index (χ1n) is 19.7. The van der Waals surface area contributed by atoms with E-state index in [1.807, 2.05) is 0 Å². The van der Waals surface area contributed by atoms with Crippen molar-refractivity contribution in [2.24, 2.45) is 0 Å². The topological polar surface area (TPSA) is 0 Å². The Morgan fingerprint density at radius 2 is 0.889 bits per heavy atom. The van der Waals surface area contributed by atoms with E-state index in [2.05, 4.69) is 193 Å². The fourth-order valence-electron chi connectivity index (χ4n) is 7.38. The summed E-state index contributed by atoms with van der Waals surface area (Å²) in [5.74, 6) is 1.04. The first-order valence-corrected chi connectivity index (χ1v) is 28.0. The summed E-state index contributed by atoms with van der Waals surface area (Å²) in [7, 11) is 11.0. The second-order valence-electron chi connectivity index (χ2n) is 17.0. The third-order valence-corrected chi connectivity index (χ3v) is 10.0. The number of halogens is 2. The predicted molar refractivity (Wildman–Crippen MR) is 243 cm³/mol.